The van der Waals surface area contributed by atoms with E-state index in [1.807, 2.05) is 0 Å². The molecule has 4 aromatic rings. The van der Waals surface area contributed by atoms with E-state index in [9.17, 15) is 18.7 Å². The van der Waals surface area contributed by atoms with Gasteiger partial charge in [-0.15, -0.1) is 0 Å². The minimum absolute atomic E-state index is 0.0384. The van der Waals surface area contributed by atoms with Gasteiger partial charge in [0.15, 0.2) is 5.82 Å². The van der Waals surface area contributed by atoms with Gasteiger partial charge in [0.05, 0.1) is 18.3 Å². The maximum Gasteiger partial charge on any atom is 0.230 e. The summed E-state index contributed by atoms with van der Waals surface area (Å²) in [4.78, 5) is 21.5. The van der Waals surface area contributed by atoms with Crippen molar-refractivity contribution in [3.63, 3.8) is 0 Å². The lowest BCUT2D eigenvalue weighted by molar-refractivity contribution is -0.115. The zero-order valence-corrected chi connectivity index (χ0v) is 16.2. The number of carbonyl (C=O) groups excluding carboxylic acids is 1. The third-order valence-corrected chi connectivity index (χ3v) is 4.59. The van der Waals surface area contributed by atoms with Crippen LogP contribution in [0.5, 0.6) is 5.75 Å². The first kappa shape index (κ1) is 20.2. The number of anilines is 1. The molecule has 0 saturated heterocycles. The van der Waals surface area contributed by atoms with Gasteiger partial charge in [-0.2, -0.15) is 0 Å². The van der Waals surface area contributed by atoms with E-state index in [0.29, 0.717) is 28.1 Å². The highest BCUT2D eigenvalue weighted by molar-refractivity contribution is 5.94. The van der Waals surface area contributed by atoms with Gasteiger partial charge in [0.25, 0.3) is 0 Å². The van der Waals surface area contributed by atoms with Crippen molar-refractivity contribution in [2.75, 3.05) is 5.32 Å². The second-order valence-corrected chi connectivity index (χ2v) is 6.86. The number of aromatic hydroxyl groups is 1. The first-order valence-corrected chi connectivity index (χ1v) is 9.44. The van der Waals surface area contributed by atoms with Crippen LogP contribution in [-0.4, -0.2) is 21.0 Å². The Labute approximate surface area is 177 Å². The minimum Gasteiger partial charge on any atom is -0.508 e. The van der Waals surface area contributed by atoms with Crippen LogP contribution in [0, 0.1) is 11.6 Å². The molecule has 5 nitrogen and oxygen atoms in total. The van der Waals surface area contributed by atoms with Gasteiger partial charge < -0.3 is 10.4 Å². The summed E-state index contributed by atoms with van der Waals surface area (Å²) in [6.07, 6.45) is 1.53. The largest absolute Gasteiger partial charge is 0.508 e. The Morgan fingerprint density at radius 3 is 2.06 bits per heavy atom. The van der Waals surface area contributed by atoms with Crippen molar-refractivity contribution in [2.24, 2.45) is 0 Å². The highest BCUT2D eigenvalue weighted by atomic mass is 19.1. The summed E-state index contributed by atoms with van der Waals surface area (Å²) in [6, 6.07) is 17.8. The number of nitrogens with one attached hydrogen (secondary N) is 1. The molecule has 3 aromatic carbocycles. The first-order valence-electron chi connectivity index (χ1n) is 9.44. The summed E-state index contributed by atoms with van der Waals surface area (Å²) in [5, 5.41) is 12.3. The molecule has 0 fully saturated rings. The van der Waals surface area contributed by atoms with Crippen molar-refractivity contribution < 1.29 is 18.7 Å². The van der Waals surface area contributed by atoms with Crippen molar-refractivity contribution in [3.05, 3.63) is 96.2 Å². The van der Waals surface area contributed by atoms with E-state index in [1.54, 1.807) is 36.4 Å². The molecule has 0 aliphatic carbocycles. The molecule has 7 heteroatoms. The third-order valence-electron chi connectivity index (χ3n) is 4.59. The van der Waals surface area contributed by atoms with Crippen LogP contribution in [0.2, 0.25) is 0 Å². The molecule has 31 heavy (non-hydrogen) atoms. The van der Waals surface area contributed by atoms with Gasteiger partial charge in [-0.25, -0.2) is 18.7 Å². The Kier molecular flexibility index (Phi) is 5.66. The van der Waals surface area contributed by atoms with Crippen molar-refractivity contribution in [1.29, 1.82) is 0 Å². The Bertz CT molecular complexity index is 1210. The van der Waals surface area contributed by atoms with Gasteiger partial charge in [-0.05, 0) is 66.2 Å². The van der Waals surface area contributed by atoms with Crippen LogP contribution in [0.25, 0.3) is 22.5 Å². The number of rotatable bonds is 5. The number of nitrogens with zero attached hydrogens (tertiary/aromatic N) is 2. The third kappa shape index (κ3) is 4.90. The van der Waals surface area contributed by atoms with Crippen molar-refractivity contribution in [2.45, 2.75) is 6.42 Å². The number of amides is 1. The second kappa shape index (κ2) is 8.71. The maximum atomic E-state index is 13.3. The molecule has 0 unspecified atom stereocenters. The summed E-state index contributed by atoms with van der Waals surface area (Å²) >= 11 is 0. The van der Waals surface area contributed by atoms with Crippen LogP contribution in [0.15, 0.2) is 79.0 Å². The Morgan fingerprint density at radius 2 is 1.42 bits per heavy atom. The van der Waals surface area contributed by atoms with Crippen LogP contribution in [-0.2, 0) is 11.2 Å². The van der Waals surface area contributed by atoms with Crippen molar-refractivity contribution in [1.82, 2.24) is 9.97 Å². The Morgan fingerprint density at radius 1 is 0.839 bits per heavy atom. The number of carbonyl (C=O) groups is 1. The molecule has 0 aliphatic rings. The molecule has 154 valence electrons. The summed E-state index contributed by atoms with van der Waals surface area (Å²) in [7, 11) is 0. The first-order chi connectivity index (χ1) is 15.0. The van der Waals surface area contributed by atoms with E-state index < -0.39 is 0 Å². The Balaban J connectivity index is 1.67. The quantitative estimate of drug-likeness (QED) is 0.481. The van der Waals surface area contributed by atoms with E-state index in [2.05, 4.69) is 15.3 Å². The molecule has 0 saturated carbocycles. The molecule has 0 spiro atoms. The molecular weight excluding hydrogens is 400 g/mol. The minimum atomic E-state index is -0.374. The molecule has 0 radical (unpaired) electrons. The van der Waals surface area contributed by atoms with Crippen LogP contribution in [0.1, 0.15) is 5.56 Å². The van der Waals surface area contributed by atoms with Crippen molar-refractivity contribution in [3.8, 4) is 28.3 Å². The highest BCUT2D eigenvalue weighted by Gasteiger charge is 2.15. The monoisotopic (exact) mass is 417 g/mol. The lowest BCUT2D eigenvalue weighted by Gasteiger charge is -2.12. The van der Waals surface area contributed by atoms with E-state index >= 15 is 0 Å². The standard InChI is InChI=1S/C24H17F2N3O2/c25-18-7-1-15(2-8-18)13-22(31)29-24-23(17-5-11-20(30)12-6-17)28-21(14-27-24)16-3-9-19(26)10-4-16/h1-12,14,30H,13H2,(H,27,29,31). The molecule has 1 aromatic heterocycles. The van der Waals surface area contributed by atoms with Crippen molar-refractivity contribution >= 4 is 11.7 Å². The summed E-state index contributed by atoms with van der Waals surface area (Å²) in [6.45, 7) is 0. The van der Waals surface area contributed by atoms with E-state index in [4.69, 9.17) is 0 Å². The van der Waals surface area contributed by atoms with Gasteiger partial charge in [0, 0.05) is 11.1 Å². The highest BCUT2D eigenvalue weighted by Crippen LogP contribution is 2.29. The maximum absolute atomic E-state index is 13.3. The molecule has 2 N–H and O–H groups in total. The molecule has 1 heterocycles. The normalized spacial score (nSPS) is 10.6. The fourth-order valence-electron chi connectivity index (χ4n) is 3.02. The van der Waals surface area contributed by atoms with Gasteiger partial charge in [0.1, 0.15) is 23.1 Å². The van der Waals surface area contributed by atoms with E-state index in [0.717, 1.165) is 0 Å². The number of phenols is 1. The SMILES string of the molecule is O=C(Cc1ccc(F)cc1)Nc1ncc(-c2ccc(F)cc2)nc1-c1ccc(O)cc1. The summed E-state index contributed by atoms with van der Waals surface area (Å²) in [5.74, 6) is -0.742. The van der Waals surface area contributed by atoms with E-state index in [1.165, 1.54) is 42.6 Å². The van der Waals surface area contributed by atoms with Gasteiger partial charge in [-0.3, -0.25) is 4.79 Å². The van der Waals surface area contributed by atoms with Gasteiger partial charge in [0.2, 0.25) is 5.91 Å². The fraction of sp³-hybridized carbons (Fsp3) is 0.0417. The average Bonchev–Trinajstić information content (AvgIpc) is 2.77. The van der Waals surface area contributed by atoms with E-state index in [-0.39, 0.29) is 35.5 Å². The number of phenolic OH excluding ortho intramolecular Hbond substituents is 1. The van der Waals surface area contributed by atoms with Crippen LogP contribution < -0.4 is 5.32 Å². The smallest absolute Gasteiger partial charge is 0.230 e. The summed E-state index contributed by atoms with van der Waals surface area (Å²) in [5.41, 5.74) is 2.85. The average molecular weight is 417 g/mol. The zero-order chi connectivity index (χ0) is 21.8. The molecule has 4 rings (SSSR count). The molecule has 1 amide bonds. The fourth-order valence-corrected chi connectivity index (χ4v) is 3.02. The summed E-state index contributed by atoms with van der Waals surface area (Å²) < 4.78 is 26.3. The predicted octanol–water partition coefficient (Wildman–Crippen LogP) is 4.98. The molecule has 0 aliphatic heterocycles. The Hall–Kier alpha value is -4.13. The van der Waals surface area contributed by atoms with Gasteiger partial charge in [-0.1, -0.05) is 12.1 Å². The lowest BCUT2D eigenvalue weighted by atomic mass is 10.1. The number of halogens is 2. The van der Waals surface area contributed by atoms with Crippen LogP contribution in [0.3, 0.4) is 0 Å². The number of hydrogen-bond acceptors (Lipinski definition) is 4. The topological polar surface area (TPSA) is 75.1 Å². The number of benzene rings is 3. The van der Waals surface area contributed by atoms with Crippen LogP contribution >= 0.6 is 0 Å². The lowest BCUT2D eigenvalue weighted by Crippen LogP contribution is -2.16. The van der Waals surface area contributed by atoms with Crippen LogP contribution in [0.4, 0.5) is 14.6 Å². The molecule has 0 bridgehead atoms. The molecule has 0 atom stereocenters. The van der Waals surface area contributed by atoms with Gasteiger partial charge >= 0.3 is 0 Å². The predicted molar refractivity (Wildman–Crippen MR) is 113 cm³/mol. The zero-order valence-electron chi connectivity index (χ0n) is 16.2. The second-order valence-electron chi connectivity index (χ2n) is 6.86. The molecular formula is C24H17F2N3O2. The number of hydrogen-bond donors (Lipinski definition) is 2. The number of aromatic nitrogens is 2.